The van der Waals surface area contributed by atoms with Gasteiger partial charge in [-0.25, -0.2) is 4.79 Å². The van der Waals surface area contributed by atoms with Crippen LogP contribution in [0.1, 0.15) is 10.4 Å². The number of carbonyl (C=O) groups excluding carboxylic acids is 1. The molecule has 2 rings (SSSR count). The third kappa shape index (κ3) is 1.59. The summed E-state index contributed by atoms with van der Waals surface area (Å²) in [5, 5.41) is 0. The van der Waals surface area contributed by atoms with Gasteiger partial charge in [-0.05, 0) is 12.1 Å². The molecule has 0 aliphatic carbocycles. The fourth-order valence-electron chi connectivity index (χ4n) is 1.34. The summed E-state index contributed by atoms with van der Waals surface area (Å²) in [5.74, 6) is -0.436. The maximum absolute atomic E-state index is 11.3. The second-order valence-corrected chi connectivity index (χ2v) is 2.98. The van der Waals surface area contributed by atoms with Crippen LogP contribution in [0.4, 0.5) is 5.69 Å². The van der Waals surface area contributed by atoms with Gasteiger partial charge in [-0.1, -0.05) is 0 Å². The fourth-order valence-corrected chi connectivity index (χ4v) is 1.34. The zero-order valence-corrected chi connectivity index (χ0v) is 8.10. The summed E-state index contributed by atoms with van der Waals surface area (Å²) in [6.07, 6.45) is 3.10. The van der Waals surface area contributed by atoms with Crippen LogP contribution in [0.3, 0.4) is 0 Å². The minimum atomic E-state index is -0.436. The van der Waals surface area contributed by atoms with Crippen LogP contribution in [-0.2, 0) is 4.74 Å². The molecule has 15 heavy (non-hydrogen) atoms. The van der Waals surface area contributed by atoms with Gasteiger partial charge in [0.15, 0.2) is 0 Å². The van der Waals surface area contributed by atoms with Crippen LogP contribution < -0.4 is 5.73 Å². The summed E-state index contributed by atoms with van der Waals surface area (Å²) in [7, 11) is 1.32. The standard InChI is InChI=1S/C10H9N3O2/c1-15-10(14)6-4-7(11)9-8(5-6)12-2-3-13-9/h2-5H,11H2,1H3. The fraction of sp³-hybridized carbons (Fsp3) is 0.100. The molecule has 0 fully saturated rings. The van der Waals surface area contributed by atoms with Crippen molar-refractivity contribution in [1.82, 2.24) is 9.97 Å². The topological polar surface area (TPSA) is 78.1 Å². The highest BCUT2D eigenvalue weighted by atomic mass is 16.5. The summed E-state index contributed by atoms with van der Waals surface area (Å²) >= 11 is 0. The number of nitrogens with two attached hydrogens (primary N) is 1. The first-order valence-corrected chi connectivity index (χ1v) is 4.31. The average Bonchev–Trinajstić information content (AvgIpc) is 2.28. The molecule has 0 aliphatic heterocycles. The van der Waals surface area contributed by atoms with Crippen molar-refractivity contribution in [3.8, 4) is 0 Å². The lowest BCUT2D eigenvalue weighted by Gasteiger charge is -2.03. The largest absolute Gasteiger partial charge is 0.465 e. The van der Waals surface area contributed by atoms with Gasteiger partial charge in [0.25, 0.3) is 0 Å². The third-order valence-electron chi connectivity index (χ3n) is 2.02. The number of rotatable bonds is 1. The van der Waals surface area contributed by atoms with Crippen molar-refractivity contribution in [3.63, 3.8) is 0 Å². The first-order chi connectivity index (χ1) is 7.22. The van der Waals surface area contributed by atoms with Gasteiger partial charge >= 0.3 is 5.97 Å². The van der Waals surface area contributed by atoms with Gasteiger partial charge in [0.05, 0.1) is 23.9 Å². The number of carbonyl (C=O) groups is 1. The monoisotopic (exact) mass is 203 g/mol. The van der Waals surface area contributed by atoms with E-state index in [1.165, 1.54) is 13.2 Å². The number of anilines is 1. The highest BCUT2D eigenvalue weighted by Crippen LogP contribution is 2.19. The van der Waals surface area contributed by atoms with E-state index in [2.05, 4.69) is 14.7 Å². The number of ether oxygens (including phenoxy) is 1. The molecule has 1 aromatic carbocycles. The lowest BCUT2D eigenvalue weighted by atomic mass is 10.1. The number of methoxy groups -OCH3 is 1. The van der Waals surface area contributed by atoms with Crippen LogP contribution in [0.5, 0.6) is 0 Å². The summed E-state index contributed by atoms with van der Waals surface area (Å²) in [6, 6.07) is 3.13. The maximum Gasteiger partial charge on any atom is 0.338 e. The molecular weight excluding hydrogens is 194 g/mol. The molecule has 0 amide bonds. The van der Waals surface area contributed by atoms with Gasteiger partial charge in [-0.15, -0.1) is 0 Å². The number of nitrogen functional groups attached to an aromatic ring is 1. The van der Waals surface area contributed by atoms with E-state index < -0.39 is 5.97 Å². The van der Waals surface area contributed by atoms with Crippen LogP contribution in [-0.4, -0.2) is 23.0 Å². The number of nitrogens with zero attached hydrogens (tertiary/aromatic N) is 2. The minimum Gasteiger partial charge on any atom is -0.465 e. The SMILES string of the molecule is COC(=O)c1cc(N)c2nccnc2c1. The first-order valence-electron chi connectivity index (χ1n) is 4.31. The van der Waals surface area contributed by atoms with Crippen LogP contribution in [0.25, 0.3) is 11.0 Å². The molecule has 5 nitrogen and oxygen atoms in total. The molecule has 0 atom stereocenters. The van der Waals surface area contributed by atoms with Crippen molar-refractivity contribution in [2.24, 2.45) is 0 Å². The zero-order valence-electron chi connectivity index (χ0n) is 8.10. The van der Waals surface area contributed by atoms with E-state index in [1.807, 2.05) is 0 Å². The van der Waals surface area contributed by atoms with E-state index in [-0.39, 0.29) is 0 Å². The molecule has 76 valence electrons. The van der Waals surface area contributed by atoms with Crippen LogP contribution in [0.15, 0.2) is 24.5 Å². The van der Waals surface area contributed by atoms with Crippen molar-refractivity contribution in [2.45, 2.75) is 0 Å². The molecule has 1 aromatic heterocycles. The Balaban J connectivity index is 2.67. The molecule has 0 saturated carbocycles. The van der Waals surface area contributed by atoms with Gasteiger partial charge in [0, 0.05) is 12.4 Å². The molecule has 0 aliphatic rings. The molecule has 0 bridgehead atoms. The minimum absolute atomic E-state index is 0.378. The van der Waals surface area contributed by atoms with E-state index in [1.54, 1.807) is 18.5 Å². The van der Waals surface area contributed by atoms with Crippen molar-refractivity contribution in [3.05, 3.63) is 30.1 Å². The average molecular weight is 203 g/mol. The Morgan fingerprint density at radius 1 is 1.33 bits per heavy atom. The number of hydrogen-bond donors (Lipinski definition) is 1. The predicted octanol–water partition coefficient (Wildman–Crippen LogP) is 0.999. The molecule has 0 unspecified atom stereocenters. The number of esters is 1. The highest BCUT2D eigenvalue weighted by molar-refractivity contribution is 5.97. The maximum atomic E-state index is 11.3. The van der Waals surface area contributed by atoms with Gasteiger partial charge in [0.1, 0.15) is 5.52 Å². The Kier molecular flexibility index (Phi) is 2.21. The normalized spacial score (nSPS) is 10.2. The predicted molar refractivity (Wildman–Crippen MR) is 55.3 cm³/mol. The van der Waals surface area contributed by atoms with E-state index in [0.29, 0.717) is 22.3 Å². The van der Waals surface area contributed by atoms with Crippen molar-refractivity contribution in [2.75, 3.05) is 12.8 Å². The Labute approximate surface area is 85.9 Å². The van der Waals surface area contributed by atoms with E-state index in [0.717, 1.165) is 0 Å². The summed E-state index contributed by atoms with van der Waals surface area (Å²) in [6.45, 7) is 0. The molecule has 0 radical (unpaired) electrons. The Hall–Kier alpha value is -2.17. The molecule has 0 spiro atoms. The Morgan fingerprint density at radius 3 is 2.80 bits per heavy atom. The summed E-state index contributed by atoms with van der Waals surface area (Å²) in [5.41, 5.74) is 7.70. The Bertz CT molecular complexity index is 525. The third-order valence-corrected chi connectivity index (χ3v) is 2.02. The number of fused-ring (bicyclic) bond motifs is 1. The van der Waals surface area contributed by atoms with Gasteiger partial charge in [-0.2, -0.15) is 0 Å². The lowest BCUT2D eigenvalue weighted by Crippen LogP contribution is -2.03. The molecule has 2 N–H and O–H groups in total. The molecule has 5 heteroatoms. The van der Waals surface area contributed by atoms with Crippen molar-refractivity contribution >= 4 is 22.7 Å². The number of aromatic nitrogens is 2. The second-order valence-electron chi connectivity index (χ2n) is 2.98. The summed E-state index contributed by atoms with van der Waals surface area (Å²) in [4.78, 5) is 19.4. The second kappa shape index (κ2) is 3.53. The van der Waals surface area contributed by atoms with E-state index >= 15 is 0 Å². The van der Waals surface area contributed by atoms with Crippen LogP contribution >= 0.6 is 0 Å². The van der Waals surface area contributed by atoms with Crippen molar-refractivity contribution in [1.29, 1.82) is 0 Å². The molecule has 0 saturated heterocycles. The van der Waals surface area contributed by atoms with Gasteiger partial charge in [0.2, 0.25) is 0 Å². The van der Waals surface area contributed by atoms with Crippen molar-refractivity contribution < 1.29 is 9.53 Å². The van der Waals surface area contributed by atoms with Gasteiger partial charge < -0.3 is 10.5 Å². The number of hydrogen-bond acceptors (Lipinski definition) is 5. The quantitative estimate of drug-likeness (QED) is 0.552. The molecule has 2 aromatic rings. The molecule has 1 heterocycles. The highest BCUT2D eigenvalue weighted by Gasteiger charge is 2.09. The number of benzene rings is 1. The zero-order chi connectivity index (χ0) is 10.8. The van der Waals surface area contributed by atoms with E-state index in [4.69, 9.17) is 5.73 Å². The Morgan fingerprint density at radius 2 is 2.07 bits per heavy atom. The first kappa shape index (κ1) is 9.39. The van der Waals surface area contributed by atoms with Crippen LogP contribution in [0, 0.1) is 0 Å². The smallest absolute Gasteiger partial charge is 0.338 e. The lowest BCUT2D eigenvalue weighted by molar-refractivity contribution is 0.0601. The van der Waals surface area contributed by atoms with E-state index in [9.17, 15) is 4.79 Å². The van der Waals surface area contributed by atoms with Gasteiger partial charge in [-0.3, -0.25) is 9.97 Å². The van der Waals surface area contributed by atoms with Crippen LogP contribution in [0.2, 0.25) is 0 Å². The molecular formula is C10H9N3O2. The summed E-state index contributed by atoms with van der Waals surface area (Å²) < 4.78 is 4.60.